The summed E-state index contributed by atoms with van der Waals surface area (Å²) in [7, 11) is -1.75. The number of carbonyl (C=O) groups is 1. The van der Waals surface area contributed by atoms with Gasteiger partial charge in [-0.05, 0) is 55.5 Å². The maximum absolute atomic E-state index is 12.5. The number of aromatic nitrogens is 1. The molecule has 0 saturated heterocycles. The average Bonchev–Trinajstić information content (AvgIpc) is 3.01. The minimum Gasteiger partial charge on any atom is -0.497 e. The van der Waals surface area contributed by atoms with Gasteiger partial charge in [-0.25, -0.2) is 13.4 Å². The van der Waals surface area contributed by atoms with Crippen molar-refractivity contribution in [3.8, 4) is 17.0 Å². The Morgan fingerprint density at radius 2 is 1.71 bits per heavy atom. The topological polar surface area (TPSA) is 97.4 Å². The van der Waals surface area contributed by atoms with E-state index in [-0.39, 0.29) is 5.91 Å². The molecule has 3 aromatic rings. The Balaban J connectivity index is 1.74. The molecule has 0 aliphatic carbocycles. The number of ether oxygens (including phenoxy) is 1. The van der Waals surface area contributed by atoms with Gasteiger partial charge in [0.25, 0.3) is 5.91 Å². The van der Waals surface area contributed by atoms with Gasteiger partial charge < -0.3 is 4.74 Å². The molecular weight excluding hydrogens is 398 g/mol. The highest BCUT2D eigenvalue weighted by Gasteiger charge is 2.14. The molecule has 28 heavy (non-hydrogen) atoms. The van der Waals surface area contributed by atoms with Crippen molar-refractivity contribution in [3.05, 3.63) is 59.0 Å². The number of anilines is 2. The Kier molecular flexibility index (Phi) is 5.66. The number of nitrogens with zero attached hydrogens (tertiary/aromatic N) is 1. The number of nitrogens with one attached hydrogen (secondary N) is 2. The van der Waals surface area contributed by atoms with Crippen molar-refractivity contribution in [1.82, 2.24) is 4.98 Å². The van der Waals surface area contributed by atoms with E-state index in [0.29, 0.717) is 16.4 Å². The lowest BCUT2D eigenvalue weighted by atomic mass is 10.1. The maximum Gasteiger partial charge on any atom is 0.257 e. The molecule has 0 unspecified atom stereocenters. The smallest absolute Gasteiger partial charge is 0.257 e. The van der Waals surface area contributed by atoms with E-state index in [4.69, 9.17) is 4.74 Å². The number of carbonyl (C=O) groups excluding carboxylic acids is 1. The molecular formula is C19H19N3O4S2. The summed E-state index contributed by atoms with van der Waals surface area (Å²) < 4.78 is 30.0. The fraction of sp³-hybridized carbons (Fsp3) is 0.158. The third-order valence-electron chi connectivity index (χ3n) is 3.83. The van der Waals surface area contributed by atoms with Crippen molar-refractivity contribution in [2.45, 2.75) is 6.92 Å². The first-order valence-electron chi connectivity index (χ1n) is 8.26. The van der Waals surface area contributed by atoms with Crippen LogP contribution in [0.15, 0.2) is 48.5 Å². The monoisotopic (exact) mass is 417 g/mol. The quantitative estimate of drug-likeness (QED) is 0.637. The fourth-order valence-corrected chi connectivity index (χ4v) is 3.93. The van der Waals surface area contributed by atoms with Gasteiger partial charge >= 0.3 is 0 Å². The van der Waals surface area contributed by atoms with Gasteiger partial charge in [-0.1, -0.05) is 0 Å². The van der Waals surface area contributed by atoms with Crippen molar-refractivity contribution < 1.29 is 17.9 Å². The van der Waals surface area contributed by atoms with E-state index >= 15 is 0 Å². The number of aryl methyl sites for hydroxylation is 1. The molecule has 0 atom stereocenters. The highest BCUT2D eigenvalue weighted by Crippen LogP contribution is 2.31. The van der Waals surface area contributed by atoms with Crippen LogP contribution in [0.1, 0.15) is 15.2 Å². The molecule has 146 valence electrons. The number of thiazole rings is 1. The zero-order chi connectivity index (χ0) is 20.3. The predicted molar refractivity (Wildman–Crippen MR) is 112 cm³/mol. The van der Waals surface area contributed by atoms with Crippen molar-refractivity contribution in [3.63, 3.8) is 0 Å². The molecule has 0 aliphatic rings. The van der Waals surface area contributed by atoms with Gasteiger partial charge in [0.2, 0.25) is 10.0 Å². The van der Waals surface area contributed by atoms with Crippen LogP contribution in [0.2, 0.25) is 0 Å². The molecule has 0 radical (unpaired) electrons. The molecule has 1 aromatic heterocycles. The van der Waals surface area contributed by atoms with E-state index in [1.165, 1.54) is 23.5 Å². The summed E-state index contributed by atoms with van der Waals surface area (Å²) in [6.07, 6.45) is 1.07. The molecule has 7 nitrogen and oxygen atoms in total. The van der Waals surface area contributed by atoms with E-state index in [9.17, 15) is 13.2 Å². The first-order valence-corrected chi connectivity index (χ1v) is 11.0. The third kappa shape index (κ3) is 4.87. The van der Waals surface area contributed by atoms with Crippen LogP contribution in [0.4, 0.5) is 10.8 Å². The normalized spacial score (nSPS) is 11.1. The standard InChI is InChI=1S/C19H19N3O4S2/c1-12-17(13-6-10-16(26-2)11-7-13)20-19(27-12)21-18(23)14-4-8-15(9-5-14)22-28(3,24)25/h4-11,22H,1-3H3,(H,20,21,23). The Morgan fingerprint density at radius 1 is 1.07 bits per heavy atom. The van der Waals surface area contributed by atoms with Crippen molar-refractivity contribution in [2.24, 2.45) is 0 Å². The molecule has 0 fully saturated rings. The van der Waals surface area contributed by atoms with Crippen LogP contribution >= 0.6 is 11.3 Å². The van der Waals surface area contributed by atoms with Crippen LogP contribution in [0.3, 0.4) is 0 Å². The van der Waals surface area contributed by atoms with Gasteiger partial charge in [0.1, 0.15) is 5.75 Å². The first kappa shape index (κ1) is 19.8. The Morgan fingerprint density at radius 3 is 2.29 bits per heavy atom. The first-order chi connectivity index (χ1) is 13.2. The van der Waals surface area contributed by atoms with E-state index in [2.05, 4.69) is 15.0 Å². The third-order valence-corrected chi connectivity index (χ3v) is 5.32. The van der Waals surface area contributed by atoms with Crippen LogP contribution in [0.25, 0.3) is 11.3 Å². The lowest BCUT2D eigenvalue weighted by molar-refractivity contribution is 0.102. The van der Waals surface area contributed by atoms with E-state index in [0.717, 1.165) is 28.1 Å². The molecule has 2 aromatic carbocycles. The van der Waals surface area contributed by atoms with Gasteiger partial charge in [-0.15, -0.1) is 11.3 Å². The summed E-state index contributed by atoms with van der Waals surface area (Å²) in [4.78, 5) is 18.0. The summed E-state index contributed by atoms with van der Waals surface area (Å²) in [6, 6.07) is 13.7. The lowest BCUT2D eigenvalue weighted by Gasteiger charge is -2.05. The van der Waals surface area contributed by atoms with E-state index in [1.807, 2.05) is 31.2 Å². The molecule has 1 amide bonds. The second kappa shape index (κ2) is 7.99. The molecule has 3 rings (SSSR count). The van der Waals surface area contributed by atoms with Crippen molar-refractivity contribution >= 4 is 38.1 Å². The van der Waals surface area contributed by atoms with Crippen LogP contribution in [-0.2, 0) is 10.0 Å². The van der Waals surface area contributed by atoms with Gasteiger partial charge in [-0.3, -0.25) is 14.8 Å². The van der Waals surface area contributed by atoms with Crippen LogP contribution < -0.4 is 14.8 Å². The number of sulfonamides is 1. The molecule has 0 aliphatic heterocycles. The zero-order valence-corrected chi connectivity index (χ0v) is 17.1. The van der Waals surface area contributed by atoms with Crippen LogP contribution in [0, 0.1) is 6.92 Å². The second-order valence-corrected chi connectivity index (χ2v) is 9.01. The maximum atomic E-state index is 12.5. The highest BCUT2D eigenvalue weighted by atomic mass is 32.2. The number of rotatable bonds is 6. The number of benzene rings is 2. The molecule has 9 heteroatoms. The molecule has 2 N–H and O–H groups in total. The number of hydrogen-bond acceptors (Lipinski definition) is 6. The molecule has 0 bridgehead atoms. The number of amides is 1. The summed E-state index contributed by atoms with van der Waals surface area (Å²) in [5.74, 6) is 0.444. The second-order valence-electron chi connectivity index (χ2n) is 6.06. The Bertz CT molecular complexity index is 1090. The molecule has 0 saturated carbocycles. The highest BCUT2D eigenvalue weighted by molar-refractivity contribution is 7.92. The van der Waals surface area contributed by atoms with Gasteiger partial charge in [0.15, 0.2) is 5.13 Å². The van der Waals surface area contributed by atoms with Crippen LogP contribution in [0.5, 0.6) is 5.75 Å². The van der Waals surface area contributed by atoms with Crippen LogP contribution in [-0.4, -0.2) is 32.7 Å². The number of methoxy groups -OCH3 is 1. The minimum atomic E-state index is -3.36. The largest absolute Gasteiger partial charge is 0.497 e. The predicted octanol–water partition coefficient (Wildman–Crippen LogP) is 3.75. The van der Waals surface area contributed by atoms with E-state index in [1.54, 1.807) is 19.2 Å². The zero-order valence-electron chi connectivity index (χ0n) is 15.5. The van der Waals surface area contributed by atoms with Crippen molar-refractivity contribution in [1.29, 1.82) is 0 Å². The summed E-state index contributed by atoms with van der Waals surface area (Å²) >= 11 is 1.39. The fourth-order valence-electron chi connectivity index (χ4n) is 2.54. The SMILES string of the molecule is COc1ccc(-c2nc(NC(=O)c3ccc(NS(C)(=O)=O)cc3)sc2C)cc1. The summed E-state index contributed by atoms with van der Waals surface area (Å²) in [6.45, 7) is 1.94. The average molecular weight is 418 g/mol. The Hall–Kier alpha value is -2.91. The number of hydrogen-bond donors (Lipinski definition) is 2. The lowest BCUT2D eigenvalue weighted by Crippen LogP contribution is -2.12. The summed E-state index contributed by atoms with van der Waals surface area (Å²) in [5.41, 5.74) is 2.53. The Labute approximate surface area is 167 Å². The van der Waals surface area contributed by atoms with Crippen molar-refractivity contribution in [2.75, 3.05) is 23.4 Å². The van der Waals surface area contributed by atoms with Gasteiger partial charge in [-0.2, -0.15) is 0 Å². The molecule has 1 heterocycles. The minimum absolute atomic E-state index is 0.319. The van der Waals surface area contributed by atoms with Gasteiger partial charge in [0, 0.05) is 21.7 Å². The molecule has 0 spiro atoms. The van der Waals surface area contributed by atoms with E-state index < -0.39 is 10.0 Å². The van der Waals surface area contributed by atoms with Gasteiger partial charge in [0.05, 0.1) is 19.1 Å². The summed E-state index contributed by atoms with van der Waals surface area (Å²) in [5, 5.41) is 3.28.